The van der Waals surface area contributed by atoms with Gasteiger partial charge in [-0.2, -0.15) is 0 Å². The molecule has 8 heteroatoms. The zero-order valence-corrected chi connectivity index (χ0v) is 20.9. The number of carbonyl (C=O) groups excluding carboxylic acids is 3. The van der Waals surface area contributed by atoms with Gasteiger partial charge in [0.2, 0.25) is 0 Å². The lowest BCUT2D eigenvalue weighted by atomic mass is 10.1. The monoisotopic (exact) mass is 524 g/mol. The Morgan fingerprint density at radius 2 is 1.39 bits per heavy atom. The van der Waals surface area contributed by atoms with E-state index in [4.69, 9.17) is 21.1 Å². The van der Waals surface area contributed by atoms with Crippen molar-refractivity contribution in [1.82, 2.24) is 0 Å². The molecular formula is C30H21ClN2O5. The summed E-state index contributed by atoms with van der Waals surface area (Å²) in [7, 11) is 1.45. The SMILES string of the molecule is COc1ccccc1N1C(=O)C(Cl)=C(Nc2ccc(C(=O)Oc3ccc(-c4ccccc4)cc3)cc2)C1=O. The van der Waals surface area contributed by atoms with E-state index in [-0.39, 0.29) is 16.4 Å². The molecule has 5 rings (SSSR count). The Morgan fingerprint density at radius 3 is 2.08 bits per heavy atom. The number of imide groups is 1. The maximum absolute atomic E-state index is 13.1. The number of esters is 1. The number of nitrogens with zero attached hydrogens (tertiary/aromatic N) is 1. The van der Waals surface area contributed by atoms with Gasteiger partial charge in [-0.05, 0) is 59.7 Å². The smallest absolute Gasteiger partial charge is 0.343 e. The highest BCUT2D eigenvalue weighted by Gasteiger charge is 2.40. The molecule has 1 aliphatic heterocycles. The molecule has 0 spiro atoms. The number of ether oxygens (including phenoxy) is 2. The van der Waals surface area contributed by atoms with Crippen molar-refractivity contribution in [2.75, 3.05) is 17.3 Å². The van der Waals surface area contributed by atoms with E-state index in [1.54, 1.807) is 60.7 Å². The van der Waals surface area contributed by atoms with Gasteiger partial charge in [0.1, 0.15) is 22.2 Å². The van der Waals surface area contributed by atoms with E-state index < -0.39 is 17.8 Å². The van der Waals surface area contributed by atoms with E-state index in [1.807, 2.05) is 42.5 Å². The van der Waals surface area contributed by atoms with Gasteiger partial charge in [0, 0.05) is 5.69 Å². The Bertz CT molecular complexity index is 1550. The molecule has 0 unspecified atom stereocenters. The minimum atomic E-state index is -0.665. The third-order valence-electron chi connectivity index (χ3n) is 5.92. The van der Waals surface area contributed by atoms with Crippen LogP contribution < -0.4 is 19.7 Å². The normalized spacial score (nSPS) is 13.1. The molecule has 0 saturated carbocycles. The number of nitrogens with one attached hydrogen (secondary N) is 1. The number of halogens is 1. The third kappa shape index (κ3) is 4.87. The van der Waals surface area contributed by atoms with Crippen LogP contribution in [0, 0.1) is 0 Å². The fraction of sp³-hybridized carbons (Fsp3) is 0.0333. The Morgan fingerprint density at radius 1 is 0.763 bits per heavy atom. The van der Waals surface area contributed by atoms with Crippen molar-refractivity contribution >= 4 is 40.8 Å². The van der Waals surface area contributed by atoms with Crippen LogP contribution in [-0.2, 0) is 9.59 Å². The molecule has 1 aliphatic rings. The highest BCUT2D eigenvalue weighted by molar-refractivity contribution is 6.53. The first kappa shape index (κ1) is 24.8. The molecule has 0 atom stereocenters. The van der Waals surface area contributed by atoms with Crippen molar-refractivity contribution in [2.45, 2.75) is 0 Å². The summed E-state index contributed by atoms with van der Waals surface area (Å²) in [5.41, 5.74) is 3.07. The minimum absolute atomic E-state index is 0.0728. The number of para-hydroxylation sites is 2. The Labute approximate surface area is 223 Å². The van der Waals surface area contributed by atoms with Gasteiger partial charge in [-0.15, -0.1) is 0 Å². The van der Waals surface area contributed by atoms with Crippen molar-refractivity contribution in [1.29, 1.82) is 0 Å². The maximum atomic E-state index is 13.1. The number of amides is 2. The first-order chi connectivity index (χ1) is 18.5. The van der Waals surface area contributed by atoms with E-state index in [0.717, 1.165) is 16.0 Å². The first-order valence-corrected chi connectivity index (χ1v) is 12.0. The van der Waals surface area contributed by atoms with Crippen molar-refractivity contribution in [3.8, 4) is 22.6 Å². The molecule has 1 N–H and O–H groups in total. The molecule has 0 bridgehead atoms. The lowest BCUT2D eigenvalue weighted by Crippen LogP contribution is -2.32. The number of methoxy groups -OCH3 is 1. The van der Waals surface area contributed by atoms with E-state index in [2.05, 4.69) is 5.32 Å². The van der Waals surface area contributed by atoms with Crippen LogP contribution in [-0.4, -0.2) is 24.9 Å². The van der Waals surface area contributed by atoms with Gasteiger partial charge in [0.05, 0.1) is 18.4 Å². The van der Waals surface area contributed by atoms with Gasteiger partial charge in [0.25, 0.3) is 11.8 Å². The van der Waals surface area contributed by atoms with Gasteiger partial charge in [0.15, 0.2) is 0 Å². The van der Waals surface area contributed by atoms with E-state index >= 15 is 0 Å². The third-order valence-corrected chi connectivity index (χ3v) is 6.27. The predicted molar refractivity (Wildman–Crippen MR) is 145 cm³/mol. The van der Waals surface area contributed by atoms with Gasteiger partial charge >= 0.3 is 5.97 Å². The van der Waals surface area contributed by atoms with Gasteiger partial charge in [-0.1, -0.05) is 66.2 Å². The van der Waals surface area contributed by atoms with Crippen LogP contribution in [0.15, 0.2) is 114 Å². The molecule has 0 radical (unpaired) electrons. The van der Waals surface area contributed by atoms with Gasteiger partial charge in [-0.25, -0.2) is 9.69 Å². The van der Waals surface area contributed by atoms with Crippen LogP contribution in [0.2, 0.25) is 0 Å². The molecule has 38 heavy (non-hydrogen) atoms. The molecule has 0 saturated heterocycles. The number of rotatable bonds is 7. The summed E-state index contributed by atoms with van der Waals surface area (Å²) in [5, 5.41) is 2.64. The molecule has 0 aliphatic carbocycles. The number of anilines is 2. The molecule has 0 fully saturated rings. The molecular weight excluding hydrogens is 504 g/mol. The summed E-state index contributed by atoms with van der Waals surface area (Å²) in [6.45, 7) is 0. The summed E-state index contributed by atoms with van der Waals surface area (Å²) in [4.78, 5) is 39.4. The van der Waals surface area contributed by atoms with E-state index in [1.165, 1.54) is 7.11 Å². The van der Waals surface area contributed by atoms with Crippen LogP contribution in [0.25, 0.3) is 11.1 Å². The summed E-state index contributed by atoms with van der Waals surface area (Å²) in [6, 6.07) is 30.1. The van der Waals surface area contributed by atoms with Crippen molar-refractivity contribution in [3.05, 3.63) is 119 Å². The van der Waals surface area contributed by atoms with Gasteiger partial charge in [-0.3, -0.25) is 9.59 Å². The second-order valence-corrected chi connectivity index (χ2v) is 8.67. The summed E-state index contributed by atoms with van der Waals surface area (Å²) < 4.78 is 10.8. The van der Waals surface area contributed by atoms with E-state index in [9.17, 15) is 14.4 Å². The molecule has 7 nitrogen and oxygen atoms in total. The Kier molecular flexibility index (Phi) is 6.93. The van der Waals surface area contributed by atoms with Gasteiger partial charge < -0.3 is 14.8 Å². The average molecular weight is 525 g/mol. The van der Waals surface area contributed by atoms with Crippen LogP contribution in [0.1, 0.15) is 10.4 Å². The molecule has 0 aromatic heterocycles. The number of benzene rings is 4. The first-order valence-electron chi connectivity index (χ1n) is 11.6. The summed E-state index contributed by atoms with van der Waals surface area (Å²) >= 11 is 6.23. The highest BCUT2D eigenvalue weighted by Crippen LogP contribution is 2.35. The Hall–Kier alpha value is -4.88. The molecule has 4 aromatic rings. The summed E-state index contributed by atoms with van der Waals surface area (Å²) in [6.07, 6.45) is 0. The Balaban J connectivity index is 1.26. The quantitative estimate of drug-likeness (QED) is 0.181. The molecule has 2 amide bonds. The fourth-order valence-electron chi connectivity index (χ4n) is 3.99. The fourth-order valence-corrected chi connectivity index (χ4v) is 4.20. The van der Waals surface area contributed by atoms with Crippen molar-refractivity contribution in [3.63, 3.8) is 0 Å². The van der Waals surface area contributed by atoms with Crippen molar-refractivity contribution in [2.24, 2.45) is 0 Å². The zero-order chi connectivity index (χ0) is 26.6. The largest absolute Gasteiger partial charge is 0.495 e. The topological polar surface area (TPSA) is 84.9 Å². The average Bonchev–Trinajstić information content (AvgIpc) is 3.17. The standard InChI is InChI=1S/C30H21ClN2O5/c1-37-25-10-6-5-9-24(25)33-28(34)26(31)27(29(33)35)32-22-15-11-21(12-16-22)30(36)38-23-17-13-20(14-18-23)19-7-3-2-4-8-19/h2-18,32H,1H3. The van der Waals surface area contributed by atoms with Crippen LogP contribution >= 0.6 is 11.6 Å². The second-order valence-electron chi connectivity index (χ2n) is 8.29. The molecule has 4 aromatic carbocycles. The van der Waals surface area contributed by atoms with Crippen LogP contribution in [0.3, 0.4) is 0 Å². The summed E-state index contributed by atoms with van der Waals surface area (Å²) in [5.74, 6) is -1.04. The zero-order valence-electron chi connectivity index (χ0n) is 20.2. The lowest BCUT2D eigenvalue weighted by molar-refractivity contribution is -0.120. The number of hydrogen-bond donors (Lipinski definition) is 1. The van der Waals surface area contributed by atoms with Crippen LogP contribution in [0.5, 0.6) is 11.5 Å². The second kappa shape index (κ2) is 10.6. The maximum Gasteiger partial charge on any atom is 0.343 e. The number of hydrogen-bond acceptors (Lipinski definition) is 6. The highest BCUT2D eigenvalue weighted by atomic mass is 35.5. The molecule has 1 heterocycles. The predicted octanol–water partition coefficient (Wildman–Crippen LogP) is 6.02. The lowest BCUT2D eigenvalue weighted by Gasteiger charge is -2.17. The van der Waals surface area contributed by atoms with Crippen LogP contribution in [0.4, 0.5) is 11.4 Å². The molecule has 188 valence electrons. The van der Waals surface area contributed by atoms with E-state index in [0.29, 0.717) is 22.7 Å². The van der Waals surface area contributed by atoms with Crippen molar-refractivity contribution < 1.29 is 23.9 Å². The number of carbonyl (C=O) groups is 3. The minimum Gasteiger partial charge on any atom is -0.495 e.